The maximum absolute atomic E-state index is 14.9. The van der Waals surface area contributed by atoms with Crippen molar-refractivity contribution >= 4 is 0 Å². The third-order valence-electron chi connectivity index (χ3n) is 5.54. The molecule has 0 saturated carbocycles. The van der Waals surface area contributed by atoms with Crippen LogP contribution >= 0.6 is 0 Å². The van der Waals surface area contributed by atoms with Crippen LogP contribution in [0.3, 0.4) is 0 Å². The Morgan fingerprint density at radius 2 is 1.56 bits per heavy atom. The summed E-state index contributed by atoms with van der Waals surface area (Å²) >= 11 is 0. The average Bonchev–Trinajstić information content (AvgIpc) is 2.87. The number of rotatable bonds is 6. The van der Waals surface area contributed by atoms with E-state index in [1.807, 2.05) is 6.92 Å². The van der Waals surface area contributed by atoms with Gasteiger partial charge in [-0.1, -0.05) is 37.0 Å². The predicted molar refractivity (Wildman–Crippen MR) is 123 cm³/mol. The summed E-state index contributed by atoms with van der Waals surface area (Å²) in [6, 6.07) is 9.81. The zero-order valence-corrected chi connectivity index (χ0v) is 19.4. The van der Waals surface area contributed by atoms with Gasteiger partial charge in [0.25, 0.3) is 0 Å². The molecule has 1 aliphatic rings. The van der Waals surface area contributed by atoms with Crippen LogP contribution < -0.4 is 0 Å². The highest BCUT2D eigenvalue weighted by Crippen LogP contribution is 2.30. The van der Waals surface area contributed by atoms with E-state index in [0.717, 1.165) is 24.6 Å². The average molecular weight is 502 g/mol. The standard InChI is InChI=1S/C28H23F5O3/c1-2-9-34-14-18-15-35-28(36-16-18)21-7-8-22(24(30)13-21)20-6-5-19(23(29)12-20)4-3-17-10-25(31)27(33)26(32)11-17/h5-8,10-13,18,28H,2,9,14-16H2,1H3. The van der Waals surface area contributed by atoms with Crippen molar-refractivity contribution in [3.8, 4) is 23.0 Å². The molecule has 0 N–H and O–H groups in total. The summed E-state index contributed by atoms with van der Waals surface area (Å²) in [5.41, 5.74) is 0.734. The molecule has 0 bridgehead atoms. The first kappa shape index (κ1) is 25.8. The second kappa shape index (κ2) is 11.7. The van der Waals surface area contributed by atoms with Crippen molar-refractivity contribution in [3.63, 3.8) is 0 Å². The van der Waals surface area contributed by atoms with Crippen molar-refractivity contribution in [3.05, 3.63) is 94.3 Å². The molecule has 1 saturated heterocycles. The van der Waals surface area contributed by atoms with Crippen LogP contribution in [0.5, 0.6) is 0 Å². The van der Waals surface area contributed by atoms with Gasteiger partial charge in [0.2, 0.25) is 0 Å². The lowest BCUT2D eigenvalue weighted by Crippen LogP contribution is -2.30. The highest BCUT2D eigenvalue weighted by atomic mass is 19.2. The van der Waals surface area contributed by atoms with Gasteiger partial charge in [-0.05, 0) is 42.3 Å². The smallest absolute Gasteiger partial charge is 0.194 e. The molecular weight excluding hydrogens is 479 g/mol. The summed E-state index contributed by atoms with van der Waals surface area (Å²) in [4.78, 5) is 0. The minimum Gasteiger partial charge on any atom is -0.381 e. The number of hydrogen-bond donors (Lipinski definition) is 0. The molecule has 0 amide bonds. The van der Waals surface area contributed by atoms with Gasteiger partial charge in [0, 0.05) is 29.2 Å². The second-order valence-electron chi connectivity index (χ2n) is 8.38. The molecule has 0 radical (unpaired) electrons. The third kappa shape index (κ3) is 6.11. The zero-order valence-electron chi connectivity index (χ0n) is 19.4. The Bertz CT molecular complexity index is 1270. The van der Waals surface area contributed by atoms with Gasteiger partial charge in [-0.15, -0.1) is 0 Å². The number of hydrogen-bond acceptors (Lipinski definition) is 3. The van der Waals surface area contributed by atoms with Crippen molar-refractivity contribution in [2.24, 2.45) is 5.92 Å². The van der Waals surface area contributed by atoms with E-state index in [1.165, 1.54) is 24.3 Å². The Labute approximate surface area is 205 Å². The maximum atomic E-state index is 14.9. The molecule has 0 aliphatic carbocycles. The van der Waals surface area contributed by atoms with Crippen LogP contribution in [0.2, 0.25) is 0 Å². The van der Waals surface area contributed by atoms with E-state index in [-0.39, 0.29) is 28.2 Å². The summed E-state index contributed by atoms with van der Waals surface area (Å²) in [7, 11) is 0. The van der Waals surface area contributed by atoms with Crippen molar-refractivity contribution in [1.29, 1.82) is 0 Å². The van der Waals surface area contributed by atoms with Gasteiger partial charge in [-0.2, -0.15) is 0 Å². The first-order chi connectivity index (χ1) is 17.4. The van der Waals surface area contributed by atoms with Crippen LogP contribution in [-0.4, -0.2) is 26.4 Å². The largest absolute Gasteiger partial charge is 0.381 e. The Morgan fingerprint density at radius 3 is 2.19 bits per heavy atom. The molecule has 1 fully saturated rings. The van der Waals surface area contributed by atoms with Crippen molar-refractivity contribution in [2.75, 3.05) is 26.4 Å². The third-order valence-corrected chi connectivity index (χ3v) is 5.54. The first-order valence-electron chi connectivity index (χ1n) is 11.4. The van der Waals surface area contributed by atoms with Crippen LogP contribution in [0, 0.1) is 46.8 Å². The maximum Gasteiger partial charge on any atom is 0.194 e. The van der Waals surface area contributed by atoms with Crippen LogP contribution in [0.4, 0.5) is 22.0 Å². The van der Waals surface area contributed by atoms with Gasteiger partial charge in [0.05, 0.1) is 25.4 Å². The fourth-order valence-electron chi connectivity index (χ4n) is 3.69. The molecule has 4 rings (SSSR count). The van der Waals surface area contributed by atoms with Crippen LogP contribution in [0.1, 0.15) is 36.3 Å². The monoisotopic (exact) mass is 502 g/mol. The first-order valence-corrected chi connectivity index (χ1v) is 11.4. The number of benzene rings is 3. The van der Waals surface area contributed by atoms with Crippen LogP contribution in [0.15, 0.2) is 48.5 Å². The molecule has 3 aromatic rings. The fraction of sp³-hybridized carbons (Fsp3) is 0.286. The molecule has 36 heavy (non-hydrogen) atoms. The molecular formula is C28H23F5O3. The molecule has 188 valence electrons. The van der Waals surface area contributed by atoms with Gasteiger partial charge in [0.1, 0.15) is 11.6 Å². The quantitative estimate of drug-likeness (QED) is 0.166. The van der Waals surface area contributed by atoms with E-state index in [2.05, 4.69) is 11.8 Å². The Morgan fingerprint density at radius 1 is 0.833 bits per heavy atom. The van der Waals surface area contributed by atoms with Gasteiger partial charge >= 0.3 is 0 Å². The SMILES string of the molecule is CCCOCC1COC(c2ccc(-c3ccc(C#Cc4cc(F)c(F)c(F)c4)c(F)c3)c(F)c2)OC1. The predicted octanol–water partition coefficient (Wildman–Crippen LogP) is 6.54. The number of halogens is 5. The summed E-state index contributed by atoms with van der Waals surface area (Å²) in [5, 5.41) is 0. The van der Waals surface area contributed by atoms with E-state index < -0.39 is 35.4 Å². The molecule has 0 aromatic heterocycles. The highest BCUT2D eigenvalue weighted by Gasteiger charge is 2.24. The Hall–Kier alpha value is -3.25. The van der Waals surface area contributed by atoms with Crippen LogP contribution in [-0.2, 0) is 14.2 Å². The second-order valence-corrected chi connectivity index (χ2v) is 8.38. The zero-order chi connectivity index (χ0) is 25.7. The Kier molecular flexibility index (Phi) is 8.36. The van der Waals surface area contributed by atoms with E-state index in [1.54, 1.807) is 6.07 Å². The molecule has 3 aromatic carbocycles. The van der Waals surface area contributed by atoms with Crippen molar-refractivity contribution in [2.45, 2.75) is 19.6 Å². The molecule has 1 heterocycles. The molecule has 0 spiro atoms. The topological polar surface area (TPSA) is 27.7 Å². The lowest BCUT2D eigenvalue weighted by Gasteiger charge is -2.29. The molecule has 3 nitrogen and oxygen atoms in total. The molecule has 0 atom stereocenters. The lowest BCUT2D eigenvalue weighted by molar-refractivity contribution is -0.212. The van der Waals surface area contributed by atoms with E-state index in [4.69, 9.17) is 14.2 Å². The van der Waals surface area contributed by atoms with Gasteiger partial charge < -0.3 is 14.2 Å². The summed E-state index contributed by atoms with van der Waals surface area (Å²) in [5.74, 6) is -0.752. The summed E-state index contributed by atoms with van der Waals surface area (Å²) < 4.78 is 86.2. The van der Waals surface area contributed by atoms with E-state index >= 15 is 0 Å². The van der Waals surface area contributed by atoms with Gasteiger partial charge in [-0.25, -0.2) is 22.0 Å². The van der Waals surface area contributed by atoms with E-state index in [0.29, 0.717) is 32.0 Å². The molecule has 8 heteroatoms. The van der Waals surface area contributed by atoms with E-state index in [9.17, 15) is 22.0 Å². The minimum atomic E-state index is -1.60. The van der Waals surface area contributed by atoms with Gasteiger partial charge in [-0.3, -0.25) is 0 Å². The van der Waals surface area contributed by atoms with Crippen molar-refractivity contribution < 1.29 is 36.2 Å². The highest BCUT2D eigenvalue weighted by molar-refractivity contribution is 5.66. The summed E-state index contributed by atoms with van der Waals surface area (Å²) in [6.07, 6.45) is 0.229. The Balaban J connectivity index is 1.45. The van der Waals surface area contributed by atoms with Crippen LogP contribution in [0.25, 0.3) is 11.1 Å². The fourth-order valence-corrected chi connectivity index (χ4v) is 3.69. The lowest BCUT2D eigenvalue weighted by atomic mass is 10.0. The minimum absolute atomic E-state index is 0.0672. The molecule has 1 aliphatic heterocycles. The van der Waals surface area contributed by atoms with Crippen molar-refractivity contribution in [1.82, 2.24) is 0 Å². The number of ether oxygens (including phenoxy) is 3. The normalized spacial score (nSPS) is 17.5. The van der Waals surface area contributed by atoms with Gasteiger partial charge in [0.15, 0.2) is 23.7 Å². The summed E-state index contributed by atoms with van der Waals surface area (Å²) in [6.45, 7) is 4.11. The molecule has 0 unspecified atom stereocenters.